The smallest absolute Gasteiger partial charge is 0.252 e. The van der Waals surface area contributed by atoms with Gasteiger partial charge in [-0.15, -0.1) is 0 Å². The van der Waals surface area contributed by atoms with E-state index >= 15 is 0 Å². The van der Waals surface area contributed by atoms with Gasteiger partial charge in [0.15, 0.2) is 5.84 Å². The zero-order valence-corrected chi connectivity index (χ0v) is 12.2. The Morgan fingerprint density at radius 1 is 1.26 bits per heavy atom. The van der Waals surface area contributed by atoms with Crippen molar-refractivity contribution in [3.05, 3.63) is 40.5 Å². The van der Waals surface area contributed by atoms with Crippen LogP contribution in [-0.4, -0.2) is 22.3 Å². The number of fused-ring (bicyclic) bond motifs is 1. The molecule has 0 atom stereocenters. The zero-order valence-electron chi connectivity index (χ0n) is 10.6. The van der Waals surface area contributed by atoms with E-state index in [1.165, 1.54) is 0 Å². The van der Waals surface area contributed by atoms with Gasteiger partial charge in [0.25, 0.3) is 5.91 Å². The third kappa shape index (κ3) is 2.04. The van der Waals surface area contributed by atoms with Crippen LogP contribution in [0.4, 0.5) is 0 Å². The van der Waals surface area contributed by atoms with Crippen LogP contribution >= 0.6 is 15.9 Å². The third-order valence-electron chi connectivity index (χ3n) is 3.08. The van der Waals surface area contributed by atoms with Gasteiger partial charge in [0.1, 0.15) is 11.2 Å². The summed E-state index contributed by atoms with van der Waals surface area (Å²) in [6, 6.07) is 9.82. The number of carbonyl (C=O) groups excluding carboxylic acids is 1. The number of pyridine rings is 1. The Kier molecular flexibility index (Phi) is 2.67. The van der Waals surface area contributed by atoms with Gasteiger partial charge in [-0.2, -0.15) is 0 Å². The van der Waals surface area contributed by atoms with Crippen molar-refractivity contribution in [1.82, 2.24) is 10.3 Å². The summed E-state index contributed by atoms with van der Waals surface area (Å²) >= 11 is 3.49. The van der Waals surface area contributed by atoms with Crippen molar-refractivity contribution in [2.75, 3.05) is 0 Å². The Bertz CT molecular complexity index is 722. The fourth-order valence-electron chi connectivity index (χ4n) is 1.99. The fourth-order valence-corrected chi connectivity index (χ4v) is 2.51. The number of rotatable bonds is 1. The quantitative estimate of drug-likeness (QED) is 0.879. The van der Waals surface area contributed by atoms with Crippen LogP contribution in [0.2, 0.25) is 0 Å². The number of amides is 1. The lowest BCUT2D eigenvalue weighted by Crippen LogP contribution is -2.34. The van der Waals surface area contributed by atoms with E-state index in [0.717, 1.165) is 15.4 Å². The van der Waals surface area contributed by atoms with Crippen LogP contribution in [-0.2, 0) is 4.79 Å². The first-order valence-corrected chi connectivity index (χ1v) is 6.74. The summed E-state index contributed by atoms with van der Waals surface area (Å²) in [5, 5.41) is 3.83. The average molecular weight is 318 g/mol. The van der Waals surface area contributed by atoms with Crippen molar-refractivity contribution in [2.24, 2.45) is 4.99 Å². The first kappa shape index (κ1) is 12.3. The number of nitrogens with zero attached hydrogens (tertiary/aromatic N) is 2. The summed E-state index contributed by atoms with van der Waals surface area (Å²) in [7, 11) is 0. The average Bonchev–Trinajstić information content (AvgIpc) is 2.63. The largest absolute Gasteiger partial charge is 0.307 e. The van der Waals surface area contributed by atoms with Crippen LogP contribution in [0.1, 0.15) is 19.5 Å². The number of aromatic nitrogens is 1. The molecule has 5 heteroatoms. The number of para-hydroxylation sites is 1. The number of hydrogen-bond donors (Lipinski definition) is 1. The second-order valence-corrected chi connectivity index (χ2v) is 5.84. The van der Waals surface area contributed by atoms with Crippen molar-refractivity contribution in [3.63, 3.8) is 0 Å². The van der Waals surface area contributed by atoms with E-state index in [2.05, 4.69) is 31.2 Å². The van der Waals surface area contributed by atoms with E-state index in [9.17, 15) is 4.79 Å². The highest BCUT2D eigenvalue weighted by Gasteiger charge is 2.35. The van der Waals surface area contributed by atoms with Crippen LogP contribution < -0.4 is 5.32 Å². The zero-order chi connectivity index (χ0) is 13.6. The maximum Gasteiger partial charge on any atom is 0.252 e. The molecule has 0 spiro atoms. The van der Waals surface area contributed by atoms with Gasteiger partial charge in [-0.3, -0.25) is 9.79 Å². The topological polar surface area (TPSA) is 54.4 Å². The van der Waals surface area contributed by atoms with Gasteiger partial charge in [-0.25, -0.2) is 4.98 Å². The van der Waals surface area contributed by atoms with Crippen LogP contribution in [0.3, 0.4) is 0 Å². The predicted molar refractivity (Wildman–Crippen MR) is 78.2 cm³/mol. The van der Waals surface area contributed by atoms with E-state index in [4.69, 9.17) is 0 Å². The number of aliphatic imine (C=N–C) groups is 1. The monoisotopic (exact) mass is 317 g/mol. The van der Waals surface area contributed by atoms with Crippen LogP contribution in [0.15, 0.2) is 39.8 Å². The van der Waals surface area contributed by atoms with Crippen molar-refractivity contribution in [2.45, 2.75) is 19.4 Å². The summed E-state index contributed by atoms with van der Waals surface area (Å²) in [5.74, 6) is 0.414. The summed E-state index contributed by atoms with van der Waals surface area (Å²) in [6.45, 7) is 3.56. The molecule has 96 valence electrons. The van der Waals surface area contributed by atoms with Gasteiger partial charge in [-0.05, 0) is 41.9 Å². The molecule has 0 unspecified atom stereocenters. The maximum absolute atomic E-state index is 11.8. The number of amidine groups is 1. The lowest BCUT2D eigenvalue weighted by Gasteiger charge is -2.07. The molecule has 1 N–H and O–H groups in total. The molecule has 1 aromatic heterocycles. The number of halogens is 1. The van der Waals surface area contributed by atoms with Crippen molar-refractivity contribution >= 4 is 38.6 Å². The molecule has 1 aliphatic heterocycles. The van der Waals surface area contributed by atoms with E-state index < -0.39 is 5.54 Å². The lowest BCUT2D eigenvalue weighted by atomic mass is 10.1. The van der Waals surface area contributed by atoms with Gasteiger partial charge in [0.2, 0.25) is 0 Å². The summed E-state index contributed by atoms with van der Waals surface area (Å²) < 4.78 is 0.822. The number of benzene rings is 1. The summed E-state index contributed by atoms with van der Waals surface area (Å²) in [4.78, 5) is 20.8. The normalized spacial score (nSPS) is 17.4. The predicted octanol–water partition coefficient (Wildman–Crippen LogP) is 2.65. The van der Waals surface area contributed by atoms with Gasteiger partial charge in [-0.1, -0.05) is 18.2 Å². The maximum atomic E-state index is 11.8. The van der Waals surface area contributed by atoms with E-state index in [-0.39, 0.29) is 5.91 Å². The Labute approximate surface area is 119 Å². The molecular formula is C14H12BrN3O. The molecule has 0 saturated heterocycles. The highest BCUT2D eigenvalue weighted by atomic mass is 79.9. The molecule has 1 amide bonds. The third-order valence-corrected chi connectivity index (χ3v) is 3.69. The molecule has 0 saturated carbocycles. The molecule has 3 rings (SSSR count). The van der Waals surface area contributed by atoms with E-state index in [1.807, 2.05) is 30.3 Å². The highest BCUT2D eigenvalue weighted by Crippen LogP contribution is 2.25. The highest BCUT2D eigenvalue weighted by molar-refractivity contribution is 9.10. The molecule has 4 nitrogen and oxygen atoms in total. The van der Waals surface area contributed by atoms with Gasteiger partial charge < -0.3 is 5.32 Å². The number of hydrogen-bond acceptors (Lipinski definition) is 3. The molecule has 0 radical (unpaired) electrons. The Hall–Kier alpha value is -1.75. The van der Waals surface area contributed by atoms with Crippen LogP contribution in [0.5, 0.6) is 0 Å². The minimum Gasteiger partial charge on any atom is -0.307 e. The van der Waals surface area contributed by atoms with Crippen molar-refractivity contribution in [1.29, 1.82) is 0 Å². The van der Waals surface area contributed by atoms with Gasteiger partial charge in [0.05, 0.1) is 5.52 Å². The molecular weight excluding hydrogens is 306 g/mol. The molecule has 0 bridgehead atoms. The SMILES string of the molecule is CC1(C)N=C(c2nc3ccccc3cc2Br)NC1=O. The Balaban J connectivity index is 2.16. The minimum atomic E-state index is -0.734. The molecule has 2 aromatic rings. The van der Waals surface area contributed by atoms with Crippen molar-refractivity contribution in [3.8, 4) is 0 Å². The Morgan fingerprint density at radius 2 is 2.00 bits per heavy atom. The second kappa shape index (κ2) is 4.13. The first-order valence-electron chi connectivity index (χ1n) is 5.94. The Morgan fingerprint density at radius 3 is 2.68 bits per heavy atom. The summed E-state index contributed by atoms with van der Waals surface area (Å²) in [5.41, 5.74) is 0.808. The molecule has 0 fully saturated rings. The second-order valence-electron chi connectivity index (χ2n) is 4.99. The van der Waals surface area contributed by atoms with Crippen LogP contribution in [0, 0.1) is 0 Å². The molecule has 1 aromatic carbocycles. The lowest BCUT2D eigenvalue weighted by molar-refractivity contribution is -0.122. The number of nitrogens with one attached hydrogen (secondary N) is 1. The van der Waals surface area contributed by atoms with Gasteiger partial charge >= 0.3 is 0 Å². The molecule has 0 aliphatic carbocycles. The first-order chi connectivity index (χ1) is 8.97. The van der Waals surface area contributed by atoms with Crippen molar-refractivity contribution < 1.29 is 4.79 Å². The minimum absolute atomic E-state index is 0.107. The molecule has 2 heterocycles. The van der Waals surface area contributed by atoms with E-state index in [0.29, 0.717) is 11.5 Å². The number of carbonyl (C=O) groups is 1. The molecule has 19 heavy (non-hydrogen) atoms. The standard InChI is InChI=1S/C14H12BrN3O/c1-14(2)13(19)17-12(18-14)11-9(15)7-8-5-3-4-6-10(8)16-11/h3-7H,1-2H3,(H,17,18,19). The summed E-state index contributed by atoms with van der Waals surface area (Å²) in [6.07, 6.45) is 0. The van der Waals surface area contributed by atoms with Gasteiger partial charge in [0, 0.05) is 9.86 Å². The fraction of sp³-hybridized carbons (Fsp3) is 0.214. The molecule has 1 aliphatic rings. The van der Waals surface area contributed by atoms with E-state index in [1.54, 1.807) is 13.8 Å². The van der Waals surface area contributed by atoms with Crippen LogP contribution in [0.25, 0.3) is 10.9 Å².